The highest BCUT2D eigenvalue weighted by molar-refractivity contribution is 7.90. The van der Waals surface area contributed by atoms with Crippen LogP contribution in [0, 0.1) is 0 Å². The fraction of sp³-hybridized carbons (Fsp3) is 0.538. The van der Waals surface area contributed by atoms with E-state index in [1.165, 1.54) is 4.31 Å². The normalized spacial score (nSPS) is 34.2. The van der Waals surface area contributed by atoms with Crippen LogP contribution in [0.25, 0.3) is 0 Å². The first kappa shape index (κ1) is 11.2. The molecule has 1 aromatic carbocycles. The molecule has 0 aromatic heterocycles. The van der Waals surface area contributed by atoms with Crippen LogP contribution in [0.15, 0.2) is 30.3 Å². The summed E-state index contributed by atoms with van der Waals surface area (Å²) in [7, 11) is -3.46. The molecule has 3 atom stereocenters. The van der Waals surface area contributed by atoms with Crippen molar-refractivity contribution in [3.05, 3.63) is 35.9 Å². The zero-order valence-corrected chi connectivity index (χ0v) is 11.5. The van der Waals surface area contributed by atoms with E-state index in [4.69, 9.17) is 1.37 Å². The molecule has 1 aliphatic rings. The van der Waals surface area contributed by atoms with E-state index in [0.717, 1.165) is 5.56 Å². The summed E-state index contributed by atoms with van der Waals surface area (Å²) in [5.41, 5.74) is 0.144. The lowest BCUT2D eigenvalue weighted by Crippen LogP contribution is -2.35. The van der Waals surface area contributed by atoms with Crippen molar-refractivity contribution in [2.24, 2.45) is 0 Å². The van der Waals surface area contributed by atoms with Gasteiger partial charge in [0.05, 0.1) is 10.3 Å². The van der Waals surface area contributed by atoms with Crippen molar-refractivity contribution in [3.63, 3.8) is 0 Å². The highest BCUT2D eigenvalue weighted by Gasteiger charge is 2.58. The lowest BCUT2D eigenvalue weighted by atomic mass is 10.0. The molecular formula is C13H19NO2S. The van der Waals surface area contributed by atoms with Crippen LogP contribution in [0.1, 0.15) is 34.6 Å². The summed E-state index contributed by atoms with van der Waals surface area (Å²) < 4.78 is 33.3. The second-order valence-corrected chi connectivity index (χ2v) is 8.12. The average molecular weight is 254 g/mol. The molecule has 0 bridgehead atoms. The van der Waals surface area contributed by atoms with E-state index in [2.05, 4.69) is 0 Å². The molecule has 94 valence electrons. The zero-order valence-electron chi connectivity index (χ0n) is 11.6. The van der Waals surface area contributed by atoms with Gasteiger partial charge in [0, 0.05) is 7.89 Å². The van der Waals surface area contributed by atoms with Gasteiger partial charge in [-0.1, -0.05) is 30.3 Å². The number of sulfonamides is 1. The quantitative estimate of drug-likeness (QED) is 0.760. The van der Waals surface area contributed by atoms with Crippen LogP contribution in [0.4, 0.5) is 0 Å². The van der Waals surface area contributed by atoms with Crippen LogP contribution < -0.4 is 0 Å². The van der Waals surface area contributed by atoms with Crippen molar-refractivity contribution in [3.8, 4) is 0 Å². The van der Waals surface area contributed by atoms with E-state index >= 15 is 0 Å². The van der Waals surface area contributed by atoms with Gasteiger partial charge in [0.2, 0.25) is 10.0 Å². The van der Waals surface area contributed by atoms with Gasteiger partial charge in [0.25, 0.3) is 0 Å². The molecule has 1 heterocycles. The molecular weight excluding hydrogens is 234 g/mol. The molecule has 0 aliphatic carbocycles. The van der Waals surface area contributed by atoms with Crippen LogP contribution in [0.3, 0.4) is 0 Å². The number of rotatable bonds is 2. The van der Waals surface area contributed by atoms with Crippen molar-refractivity contribution in [1.82, 2.24) is 4.31 Å². The van der Waals surface area contributed by atoms with Crippen LogP contribution >= 0.6 is 0 Å². The van der Waals surface area contributed by atoms with E-state index in [-0.39, 0.29) is 0 Å². The zero-order chi connectivity index (χ0) is 13.8. The largest absolute Gasteiger partial charge is 0.219 e. The Morgan fingerprint density at radius 2 is 1.82 bits per heavy atom. The molecule has 0 amide bonds. The van der Waals surface area contributed by atoms with Crippen molar-refractivity contribution in [1.29, 1.82) is 0 Å². The Bertz CT molecular complexity index is 550. The Morgan fingerprint density at radius 1 is 1.29 bits per heavy atom. The smallest absolute Gasteiger partial charge is 0.212 e. The summed E-state index contributed by atoms with van der Waals surface area (Å²) in [5.74, 6) is 0. The van der Waals surface area contributed by atoms with E-state index in [0.29, 0.717) is 0 Å². The van der Waals surface area contributed by atoms with E-state index in [9.17, 15) is 8.42 Å². The lowest BCUT2D eigenvalue weighted by molar-refractivity contribution is 0.492. The highest BCUT2D eigenvalue weighted by atomic mass is 32.2. The lowest BCUT2D eigenvalue weighted by Gasteiger charge is -2.22. The minimum atomic E-state index is -3.46. The monoisotopic (exact) mass is 254 g/mol. The maximum Gasteiger partial charge on any atom is 0.219 e. The standard InChI is InChI=1S/C13H19NO2S/c1-12(2,3)17(15,16)14-10-13(14,4)11-8-6-5-7-9-11/h5-9H,10H2,1-4H3/t13-,14?/m0/s1/i10D/t10-,13+,14?/m1. The van der Waals surface area contributed by atoms with E-state index in [1.807, 2.05) is 37.3 Å². The van der Waals surface area contributed by atoms with Crippen molar-refractivity contribution in [2.75, 3.05) is 6.52 Å². The highest BCUT2D eigenvalue weighted by Crippen LogP contribution is 2.47. The third-order valence-electron chi connectivity index (χ3n) is 3.15. The molecule has 0 N–H and O–H groups in total. The molecule has 1 unspecified atom stereocenters. The number of hydrogen-bond donors (Lipinski definition) is 0. The first-order chi connectivity index (χ1) is 8.13. The van der Waals surface area contributed by atoms with Gasteiger partial charge >= 0.3 is 0 Å². The third kappa shape index (κ3) is 1.89. The molecule has 1 saturated heterocycles. The summed E-state index contributed by atoms with van der Waals surface area (Å²) in [6.07, 6.45) is 0. The van der Waals surface area contributed by atoms with Crippen LogP contribution in [0.2, 0.25) is 0 Å². The minimum absolute atomic E-state index is 0.729. The Morgan fingerprint density at radius 3 is 2.29 bits per heavy atom. The second-order valence-electron chi connectivity index (χ2n) is 5.56. The molecule has 1 aromatic rings. The van der Waals surface area contributed by atoms with Crippen molar-refractivity contribution >= 4 is 10.0 Å². The number of hydrogen-bond acceptors (Lipinski definition) is 2. The van der Waals surface area contributed by atoms with Gasteiger partial charge < -0.3 is 0 Å². The molecule has 4 heteroatoms. The Labute approximate surface area is 105 Å². The molecule has 1 fully saturated rings. The van der Waals surface area contributed by atoms with Crippen LogP contribution in [-0.2, 0) is 15.6 Å². The Kier molecular flexibility index (Phi) is 2.35. The fourth-order valence-corrected chi connectivity index (χ4v) is 3.33. The van der Waals surface area contributed by atoms with E-state index in [1.54, 1.807) is 20.8 Å². The van der Waals surface area contributed by atoms with Crippen molar-refractivity contribution in [2.45, 2.75) is 38.0 Å². The summed E-state index contributed by atoms with van der Waals surface area (Å²) in [6.45, 7) is 6.07. The molecule has 0 saturated carbocycles. The Balaban J connectivity index is 2.42. The second kappa shape index (κ2) is 3.56. The van der Waals surface area contributed by atoms with Gasteiger partial charge in [0.15, 0.2) is 0 Å². The van der Waals surface area contributed by atoms with Gasteiger partial charge in [-0.15, -0.1) is 0 Å². The van der Waals surface area contributed by atoms with Gasteiger partial charge in [0.1, 0.15) is 0 Å². The maximum atomic E-state index is 12.4. The molecule has 17 heavy (non-hydrogen) atoms. The predicted octanol–water partition coefficient (Wildman–Crippen LogP) is 2.35. The van der Waals surface area contributed by atoms with Gasteiger partial charge in [-0.25, -0.2) is 8.42 Å². The molecule has 1 aliphatic heterocycles. The number of nitrogens with zero attached hydrogens (tertiary/aromatic N) is 1. The van der Waals surface area contributed by atoms with Gasteiger partial charge in [-0.05, 0) is 33.3 Å². The molecule has 2 rings (SSSR count). The molecule has 0 radical (unpaired) electrons. The first-order valence-corrected chi connectivity index (χ1v) is 7.09. The third-order valence-corrected chi connectivity index (χ3v) is 5.70. The Hall–Kier alpha value is -0.870. The molecule has 0 spiro atoms. The SMILES string of the molecule is [2H][C@H]1N(S(=O)(=O)C(C)(C)C)[C@]1(C)c1ccccc1. The van der Waals surface area contributed by atoms with Gasteiger partial charge in [-0.3, -0.25) is 0 Å². The van der Waals surface area contributed by atoms with Gasteiger partial charge in [-0.2, -0.15) is 4.31 Å². The minimum Gasteiger partial charge on any atom is -0.212 e. The molecule has 3 nitrogen and oxygen atoms in total. The summed E-state index contributed by atoms with van der Waals surface area (Å²) in [4.78, 5) is 0. The first-order valence-electron chi connectivity index (χ1n) is 6.23. The maximum absolute atomic E-state index is 12.4. The summed E-state index contributed by atoms with van der Waals surface area (Å²) in [6, 6.07) is 9.37. The van der Waals surface area contributed by atoms with E-state index < -0.39 is 26.8 Å². The van der Waals surface area contributed by atoms with Crippen molar-refractivity contribution < 1.29 is 9.79 Å². The van der Waals surface area contributed by atoms with Crippen LogP contribution in [-0.4, -0.2) is 24.0 Å². The number of benzene rings is 1. The topological polar surface area (TPSA) is 37.1 Å². The predicted molar refractivity (Wildman–Crippen MR) is 69.2 cm³/mol. The fourth-order valence-electron chi connectivity index (χ4n) is 1.79. The summed E-state index contributed by atoms with van der Waals surface area (Å²) in [5, 5.41) is 0. The van der Waals surface area contributed by atoms with Crippen LogP contribution in [0.5, 0.6) is 0 Å². The average Bonchev–Trinajstić information content (AvgIpc) is 2.83. The summed E-state index contributed by atoms with van der Waals surface area (Å²) >= 11 is 0.